The van der Waals surface area contributed by atoms with Crippen LogP contribution in [0.4, 0.5) is 5.82 Å². The van der Waals surface area contributed by atoms with E-state index in [1.165, 1.54) is 0 Å². The minimum atomic E-state index is -0.406. The summed E-state index contributed by atoms with van der Waals surface area (Å²) in [5.41, 5.74) is 0.609. The van der Waals surface area contributed by atoms with E-state index in [0.717, 1.165) is 30.9 Å². The van der Waals surface area contributed by atoms with E-state index in [2.05, 4.69) is 31.3 Å². The van der Waals surface area contributed by atoms with Crippen molar-refractivity contribution in [3.05, 3.63) is 23.9 Å². The number of morpholine rings is 1. The Morgan fingerprint density at radius 1 is 1.36 bits per heavy atom. The molecule has 0 aliphatic carbocycles. The van der Waals surface area contributed by atoms with E-state index in [1.807, 2.05) is 12.1 Å². The Morgan fingerprint density at radius 2 is 2.16 bits per heavy atom. The fourth-order valence-corrected chi connectivity index (χ4v) is 2.89. The lowest BCUT2D eigenvalue weighted by Crippen LogP contribution is -2.37. The molecule has 1 N–H and O–H groups in total. The van der Waals surface area contributed by atoms with Gasteiger partial charge in [-0.2, -0.15) is 10.2 Å². The number of aromatic nitrogens is 1. The molecule has 0 saturated carbocycles. The van der Waals surface area contributed by atoms with E-state index >= 15 is 0 Å². The average Bonchev–Trinajstić information content (AvgIpc) is 3.44. The van der Waals surface area contributed by atoms with Crippen molar-refractivity contribution in [2.75, 3.05) is 31.2 Å². The second-order valence-corrected chi connectivity index (χ2v) is 6.25. The third-order valence-corrected chi connectivity index (χ3v) is 4.46. The molecule has 1 saturated heterocycles. The molecule has 3 rings (SSSR count). The van der Waals surface area contributed by atoms with Crippen LogP contribution in [0.1, 0.15) is 31.2 Å². The lowest BCUT2D eigenvalue weighted by molar-refractivity contribution is -0.121. The van der Waals surface area contributed by atoms with E-state index in [9.17, 15) is 4.79 Å². The first-order valence-electron chi connectivity index (χ1n) is 8.63. The summed E-state index contributed by atoms with van der Waals surface area (Å²) >= 11 is 0. The van der Waals surface area contributed by atoms with Gasteiger partial charge in [-0.05, 0) is 6.07 Å². The summed E-state index contributed by atoms with van der Waals surface area (Å²) in [5.74, 6) is 3.51. The maximum atomic E-state index is 12.2. The predicted molar refractivity (Wildman–Crippen MR) is 94.0 cm³/mol. The van der Waals surface area contributed by atoms with E-state index < -0.39 is 5.66 Å². The highest BCUT2D eigenvalue weighted by atomic mass is 16.5. The van der Waals surface area contributed by atoms with Crippen LogP contribution in [-0.4, -0.2) is 42.9 Å². The summed E-state index contributed by atoms with van der Waals surface area (Å²) in [4.78, 5) is 18.8. The van der Waals surface area contributed by atoms with Crippen LogP contribution in [0.15, 0.2) is 28.6 Å². The summed E-state index contributed by atoms with van der Waals surface area (Å²) in [5, 5.41) is 11.1. The van der Waals surface area contributed by atoms with Gasteiger partial charge in [0.2, 0.25) is 5.91 Å². The summed E-state index contributed by atoms with van der Waals surface area (Å²) in [6, 6.07) is 3.89. The van der Waals surface area contributed by atoms with Gasteiger partial charge in [0.1, 0.15) is 5.82 Å². The first kappa shape index (κ1) is 17.4. The van der Waals surface area contributed by atoms with Gasteiger partial charge < -0.3 is 15.0 Å². The van der Waals surface area contributed by atoms with Crippen LogP contribution in [0, 0.1) is 12.3 Å². The fourth-order valence-electron chi connectivity index (χ4n) is 2.89. The Balaban J connectivity index is 1.48. The lowest BCUT2D eigenvalue weighted by atomic mass is 10.0. The monoisotopic (exact) mass is 341 g/mol. The van der Waals surface area contributed by atoms with Gasteiger partial charge in [-0.3, -0.25) is 4.79 Å². The number of carbonyl (C=O) groups excluding carboxylic acids is 1. The van der Waals surface area contributed by atoms with Gasteiger partial charge in [0.25, 0.3) is 0 Å². The molecule has 0 aromatic carbocycles. The molecule has 0 bridgehead atoms. The molecular formula is C18H23N5O2. The Morgan fingerprint density at radius 3 is 2.88 bits per heavy atom. The molecule has 7 nitrogen and oxygen atoms in total. The van der Waals surface area contributed by atoms with Gasteiger partial charge in [0.05, 0.1) is 13.2 Å². The number of hydrogen-bond acceptors (Lipinski definition) is 6. The van der Waals surface area contributed by atoms with E-state index in [0.29, 0.717) is 39.0 Å². The molecule has 0 radical (unpaired) electrons. The highest BCUT2D eigenvalue weighted by Crippen LogP contribution is 2.37. The third kappa shape index (κ3) is 4.77. The molecule has 25 heavy (non-hydrogen) atoms. The normalized spacial score (nSPS) is 17.8. The van der Waals surface area contributed by atoms with Crippen LogP contribution < -0.4 is 10.2 Å². The third-order valence-electron chi connectivity index (χ3n) is 4.46. The van der Waals surface area contributed by atoms with Crippen molar-refractivity contribution < 1.29 is 9.53 Å². The number of ether oxygens (including phenoxy) is 1. The Hall–Kier alpha value is -2.46. The van der Waals surface area contributed by atoms with Crippen LogP contribution in [0.5, 0.6) is 0 Å². The van der Waals surface area contributed by atoms with Gasteiger partial charge in [0, 0.05) is 57.1 Å². The maximum absolute atomic E-state index is 12.2. The molecule has 0 spiro atoms. The van der Waals surface area contributed by atoms with Crippen molar-refractivity contribution in [3.8, 4) is 12.3 Å². The van der Waals surface area contributed by atoms with Gasteiger partial charge >= 0.3 is 0 Å². The van der Waals surface area contributed by atoms with Gasteiger partial charge in [-0.15, -0.1) is 12.3 Å². The summed E-state index contributed by atoms with van der Waals surface area (Å²) in [7, 11) is 0. The number of rotatable bonds is 8. The van der Waals surface area contributed by atoms with Crippen molar-refractivity contribution in [2.24, 2.45) is 10.2 Å². The van der Waals surface area contributed by atoms with Gasteiger partial charge in [0.15, 0.2) is 5.66 Å². The first-order valence-corrected chi connectivity index (χ1v) is 8.63. The summed E-state index contributed by atoms with van der Waals surface area (Å²) < 4.78 is 5.39. The summed E-state index contributed by atoms with van der Waals surface area (Å²) in [6.45, 7) is 3.51. The highest BCUT2D eigenvalue weighted by molar-refractivity contribution is 5.76. The maximum Gasteiger partial charge on any atom is 0.220 e. The lowest BCUT2D eigenvalue weighted by Gasteiger charge is -2.29. The number of nitrogens with one attached hydrogen (secondary N) is 1. The Labute approximate surface area is 147 Å². The number of anilines is 1. The zero-order valence-electron chi connectivity index (χ0n) is 14.3. The van der Waals surface area contributed by atoms with Crippen molar-refractivity contribution in [1.29, 1.82) is 0 Å². The number of terminal acetylenes is 1. The molecule has 132 valence electrons. The summed E-state index contributed by atoms with van der Waals surface area (Å²) in [6.07, 6.45) is 9.42. The van der Waals surface area contributed by atoms with Crippen LogP contribution >= 0.6 is 0 Å². The number of amides is 1. The molecule has 3 heterocycles. The van der Waals surface area contributed by atoms with Crippen molar-refractivity contribution in [2.45, 2.75) is 37.9 Å². The number of pyridine rings is 1. The molecule has 0 atom stereocenters. The Bertz CT molecular complexity index is 670. The predicted octanol–water partition coefficient (Wildman–Crippen LogP) is 1.89. The average molecular weight is 341 g/mol. The molecular weight excluding hydrogens is 318 g/mol. The van der Waals surface area contributed by atoms with Gasteiger partial charge in [-0.1, -0.05) is 6.07 Å². The zero-order chi connectivity index (χ0) is 17.5. The number of carbonyl (C=O) groups is 1. The number of hydrogen-bond donors (Lipinski definition) is 1. The van der Waals surface area contributed by atoms with E-state index in [4.69, 9.17) is 11.2 Å². The topological polar surface area (TPSA) is 79.2 Å². The molecule has 1 aromatic heterocycles. The molecule has 1 fully saturated rings. The van der Waals surface area contributed by atoms with Crippen LogP contribution in [0.3, 0.4) is 0 Å². The van der Waals surface area contributed by atoms with Crippen molar-refractivity contribution >= 4 is 11.7 Å². The molecule has 1 aromatic rings. The smallest absolute Gasteiger partial charge is 0.220 e. The van der Waals surface area contributed by atoms with Crippen molar-refractivity contribution in [3.63, 3.8) is 0 Å². The van der Waals surface area contributed by atoms with Gasteiger partial charge in [-0.25, -0.2) is 4.98 Å². The number of nitrogens with zero attached hydrogens (tertiary/aromatic N) is 4. The Kier molecular flexibility index (Phi) is 5.61. The minimum absolute atomic E-state index is 0.00540. The zero-order valence-corrected chi connectivity index (χ0v) is 14.3. The first-order chi connectivity index (χ1) is 12.2. The van der Waals surface area contributed by atoms with E-state index in [-0.39, 0.29) is 5.91 Å². The molecule has 0 unspecified atom stereocenters. The molecule has 7 heteroatoms. The van der Waals surface area contributed by atoms with Crippen LogP contribution in [0.2, 0.25) is 0 Å². The van der Waals surface area contributed by atoms with Crippen LogP contribution in [-0.2, 0) is 16.1 Å². The molecule has 2 aliphatic heterocycles. The SMILES string of the molecule is C#CCCC1(CCC(=O)NCc2cccnc2N2CCOCC2)N=N1. The minimum Gasteiger partial charge on any atom is -0.378 e. The second-order valence-electron chi connectivity index (χ2n) is 6.25. The quantitative estimate of drug-likeness (QED) is 0.732. The second kappa shape index (κ2) is 8.08. The largest absolute Gasteiger partial charge is 0.378 e. The highest BCUT2D eigenvalue weighted by Gasteiger charge is 2.39. The molecule has 1 amide bonds. The molecule has 2 aliphatic rings. The standard InChI is InChI=1S/C18H23N5O2/c1-2-3-7-18(21-22-18)8-6-16(24)20-14-15-5-4-9-19-17(15)23-10-12-25-13-11-23/h1,4-5,9H,3,6-8,10-14H2,(H,20,24). The fraction of sp³-hybridized carbons (Fsp3) is 0.556. The van der Waals surface area contributed by atoms with Crippen LogP contribution in [0.25, 0.3) is 0 Å². The van der Waals surface area contributed by atoms with E-state index in [1.54, 1.807) is 6.20 Å². The van der Waals surface area contributed by atoms with Crippen molar-refractivity contribution in [1.82, 2.24) is 10.3 Å².